The van der Waals surface area contributed by atoms with Gasteiger partial charge in [-0.1, -0.05) is 12.1 Å². The van der Waals surface area contributed by atoms with Gasteiger partial charge in [-0.25, -0.2) is 4.98 Å². The Hall–Kier alpha value is -1.39. The predicted octanol–water partition coefficient (Wildman–Crippen LogP) is 1.40. The summed E-state index contributed by atoms with van der Waals surface area (Å²) in [6, 6.07) is 8.19. The molecule has 86 valence electrons. The van der Waals surface area contributed by atoms with Gasteiger partial charge in [0.2, 0.25) is 0 Å². The minimum absolute atomic E-state index is 0.705. The molecule has 2 aromatic rings. The molecular weight excluding hydrogens is 202 g/mol. The molecule has 0 radical (unpaired) electrons. The number of hydrogen-bond acceptors (Lipinski definition) is 3. The average Bonchev–Trinajstić information content (AvgIpc) is 2.65. The second-order valence-corrected chi connectivity index (χ2v) is 3.69. The predicted molar refractivity (Wildman–Crippen MR) is 64.4 cm³/mol. The van der Waals surface area contributed by atoms with Gasteiger partial charge in [0, 0.05) is 13.7 Å². The Kier molecular flexibility index (Phi) is 3.54. The Bertz CT molecular complexity index is 464. The fourth-order valence-corrected chi connectivity index (χ4v) is 1.85. The Labute approximate surface area is 95.2 Å². The van der Waals surface area contributed by atoms with E-state index in [9.17, 15) is 0 Å². The summed E-state index contributed by atoms with van der Waals surface area (Å²) in [6.07, 6.45) is 0. The maximum absolute atomic E-state index is 5.13. The highest BCUT2D eigenvalue weighted by Gasteiger charge is 2.08. The van der Waals surface area contributed by atoms with E-state index in [1.54, 1.807) is 7.11 Å². The zero-order valence-corrected chi connectivity index (χ0v) is 9.73. The zero-order valence-electron chi connectivity index (χ0n) is 9.73. The van der Waals surface area contributed by atoms with Crippen molar-refractivity contribution in [2.75, 3.05) is 20.8 Å². The van der Waals surface area contributed by atoms with Gasteiger partial charge in [0.1, 0.15) is 5.82 Å². The summed E-state index contributed by atoms with van der Waals surface area (Å²) in [7, 11) is 3.65. The van der Waals surface area contributed by atoms with Crippen LogP contribution in [-0.2, 0) is 17.8 Å². The normalized spacial score (nSPS) is 11.1. The third-order valence-electron chi connectivity index (χ3n) is 2.59. The van der Waals surface area contributed by atoms with Gasteiger partial charge in [-0.15, -0.1) is 0 Å². The molecule has 1 heterocycles. The van der Waals surface area contributed by atoms with E-state index in [0.717, 1.165) is 24.4 Å². The molecule has 16 heavy (non-hydrogen) atoms. The summed E-state index contributed by atoms with van der Waals surface area (Å²) < 4.78 is 7.33. The Balaban J connectivity index is 2.42. The molecule has 0 fully saturated rings. The van der Waals surface area contributed by atoms with Gasteiger partial charge >= 0.3 is 0 Å². The number of rotatable bonds is 5. The fourth-order valence-electron chi connectivity index (χ4n) is 1.85. The summed E-state index contributed by atoms with van der Waals surface area (Å²) in [5.74, 6) is 1.06. The summed E-state index contributed by atoms with van der Waals surface area (Å²) in [6.45, 7) is 2.32. The lowest BCUT2D eigenvalue weighted by Crippen LogP contribution is -2.14. The van der Waals surface area contributed by atoms with Crippen LogP contribution in [0, 0.1) is 0 Å². The van der Waals surface area contributed by atoms with E-state index < -0.39 is 0 Å². The van der Waals surface area contributed by atoms with Crippen LogP contribution in [0.3, 0.4) is 0 Å². The van der Waals surface area contributed by atoms with Crippen LogP contribution in [0.25, 0.3) is 11.0 Å². The number of benzene rings is 1. The molecule has 0 aliphatic carbocycles. The molecular formula is C12H17N3O. The number of hydrogen-bond donors (Lipinski definition) is 1. The largest absolute Gasteiger partial charge is 0.383 e. The van der Waals surface area contributed by atoms with Crippen LogP contribution >= 0.6 is 0 Å². The molecule has 4 nitrogen and oxygen atoms in total. The van der Waals surface area contributed by atoms with Crippen molar-refractivity contribution in [2.45, 2.75) is 13.1 Å². The quantitative estimate of drug-likeness (QED) is 0.826. The molecule has 0 bridgehead atoms. The van der Waals surface area contributed by atoms with Gasteiger partial charge in [-0.3, -0.25) is 0 Å². The molecule has 1 N–H and O–H groups in total. The molecule has 0 saturated heterocycles. The molecule has 0 saturated carbocycles. The number of nitrogens with zero attached hydrogens (tertiary/aromatic N) is 2. The number of fused-ring (bicyclic) bond motifs is 1. The van der Waals surface area contributed by atoms with Crippen LogP contribution in [0.2, 0.25) is 0 Å². The van der Waals surface area contributed by atoms with E-state index in [2.05, 4.69) is 20.9 Å². The summed E-state index contributed by atoms with van der Waals surface area (Å²) >= 11 is 0. The molecule has 0 unspecified atom stereocenters. The molecule has 0 atom stereocenters. The lowest BCUT2D eigenvalue weighted by atomic mass is 10.3. The molecule has 0 spiro atoms. The van der Waals surface area contributed by atoms with E-state index in [1.807, 2.05) is 25.2 Å². The van der Waals surface area contributed by atoms with Crippen molar-refractivity contribution >= 4 is 11.0 Å². The van der Waals surface area contributed by atoms with E-state index in [1.165, 1.54) is 5.52 Å². The van der Waals surface area contributed by atoms with E-state index in [0.29, 0.717) is 6.61 Å². The van der Waals surface area contributed by atoms with Gasteiger partial charge < -0.3 is 14.6 Å². The monoisotopic (exact) mass is 219 g/mol. The second kappa shape index (κ2) is 5.09. The maximum Gasteiger partial charge on any atom is 0.123 e. The zero-order chi connectivity index (χ0) is 11.4. The van der Waals surface area contributed by atoms with Gasteiger partial charge in [-0.05, 0) is 19.2 Å². The molecule has 0 aliphatic heterocycles. The molecule has 4 heteroatoms. The van der Waals surface area contributed by atoms with E-state index >= 15 is 0 Å². The van der Waals surface area contributed by atoms with Crippen molar-refractivity contribution in [3.8, 4) is 0 Å². The Morgan fingerprint density at radius 2 is 2.19 bits per heavy atom. The van der Waals surface area contributed by atoms with Gasteiger partial charge in [0.25, 0.3) is 0 Å². The topological polar surface area (TPSA) is 39.1 Å². The average molecular weight is 219 g/mol. The fraction of sp³-hybridized carbons (Fsp3) is 0.417. The van der Waals surface area contributed by atoms with Crippen LogP contribution in [0.5, 0.6) is 0 Å². The summed E-state index contributed by atoms with van der Waals surface area (Å²) in [5.41, 5.74) is 2.22. The summed E-state index contributed by atoms with van der Waals surface area (Å²) in [4.78, 5) is 4.60. The van der Waals surface area contributed by atoms with Crippen molar-refractivity contribution in [1.82, 2.24) is 14.9 Å². The van der Waals surface area contributed by atoms with Gasteiger partial charge in [-0.2, -0.15) is 0 Å². The highest BCUT2D eigenvalue weighted by atomic mass is 16.5. The van der Waals surface area contributed by atoms with Gasteiger partial charge in [0.05, 0.1) is 24.2 Å². The van der Waals surface area contributed by atoms with E-state index in [-0.39, 0.29) is 0 Å². The van der Waals surface area contributed by atoms with Crippen LogP contribution in [0.4, 0.5) is 0 Å². The van der Waals surface area contributed by atoms with Gasteiger partial charge in [0.15, 0.2) is 0 Å². The molecule has 1 aromatic carbocycles. The standard InChI is InChI=1S/C12H17N3O/c1-13-9-12-14-10-5-3-4-6-11(10)15(12)7-8-16-2/h3-6,13H,7-9H2,1-2H3. The number of methoxy groups -OCH3 is 1. The first-order valence-corrected chi connectivity index (χ1v) is 5.44. The SMILES string of the molecule is CNCc1nc2ccccc2n1CCOC. The minimum Gasteiger partial charge on any atom is -0.383 e. The van der Waals surface area contributed by atoms with Crippen molar-refractivity contribution in [2.24, 2.45) is 0 Å². The lowest BCUT2D eigenvalue weighted by Gasteiger charge is -2.07. The number of para-hydroxylation sites is 2. The van der Waals surface area contributed by atoms with Crippen molar-refractivity contribution in [3.63, 3.8) is 0 Å². The first-order chi connectivity index (χ1) is 7.86. The van der Waals surface area contributed by atoms with Crippen LogP contribution in [-0.4, -0.2) is 30.3 Å². The Morgan fingerprint density at radius 1 is 1.38 bits per heavy atom. The van der Waals surface area contributed by atoms with Crippen LogP contribution in [0.15, 0.2) is 24.3 Å². The van der Waals surface area contributed by atoms with Crippen molar-refractivity contribution in [3.05, 3.63) is 30.1 Å². The van der Waals surface area contributed by atoms with Crippen molar-refractivity contribution in [1.29, 1.82) is 0 Å². The molecule has 0 aliphatic rings. The maximum atomic E-state index is 5.13. The van der Waals surface area contributed by atoms with Crippen LogP contribution < -0.4 is 5.32 Å². The highest BCUT2D eigenvalue weighted by molar-refractivity contribution is 5.75. The number of nitrogens with one attached hydrogen (secondary N) is 1. The second-order valence-electron chi connectivity index (χ2n) is 3.69. The summed E-state index contributed by atoms with van der Waals surface area (Å²) in [5, 5.41) is 3.14. The minimum atomic E-state index is 0.705. The lowest BCUT2D eigenvalue weighted by molar-refractivity contribution is 0.187. The first-order valence-electron chi connectivity index (χ1n) is 5.44. The smallest absolute Gasteiger partial charge is 0.123 e. The first kappa shape index (κ1) is 11.1. The number of imidazole rings is 1. The molecule has 1 aromatic heterocycles. The Morgan fingerprint density at radius 3 is 2.94 bits per heavy atom. The number of aromatic nitrogens is 2. The van der Waals surface area contributed by atoms with E-state index in [4.69, 9.17) is 4.74 Å². The molecule has 0 amide bonds. The third kappa shape index (κ3) is 2.08. The van der Waals surface area contributed by atoms with Crippen molar-refractivity contribution < 1.29 is 4.74 Å². The van der Waals surface area contributed by atoms with Crippen LogP contribution in [0.1, 0.15) is 5.82 Å². The number of ether oxygens (including phenoxy) is 1. The third-order valence-corrected chi connectivity index (χ3v) is 2.59. The highest BCUT2D eigenvalue weighted by Crippen LogP contribution is 2.15. The molecule has 2 rings (SSSR count).